The van der Waals surface area contributed by atoms with Crippen molar-refractivity contribution < 1.29 is 14.7 Å². The fraction of sp³-hybridized carbons (Fsp3) is 0.778. The molecule has 0 aromatic heterocycles. The lowest BCUT2D eigenvalue weighted by Crippen LogP contribution is -2.30. The smallest absolute Gasteiger partial charge is 0.317 e. The van der Waals surface area contributed by atoms with Crippen molar-refractivity contribution in [3.05, 3.63) is 0 Å². The zero-order chi connectivity index (χ0) is 11.3. The molecule has 2 N–H and O–H groups in total. The Kier molecular flexibility index (Phi) is 4.74. The van der Waals surface area contributed by atoms with Gasteiger partial charge in [-0.05, 0) is 6.42 Å². The molecular formula is C9H16N2O3S. The van der Waals surface area contributed by atoms with Gasteiger partial charge in [-0.25, -0.2) is 4.79 Å². The molecule has 1 saturated heterocycles. The number of carbonyl (C=O) groups is 2. The third-order valence-electron chi connectivity index (χ3n) is 2.27. The first-order valence-corrected chi connectivity index (χ1v) is 6.07. The van der Waals surface area contributed by atoms with Crippen LogP contribution in [0, 0.1) is 0 Å². The van der Waals surface area contributed by atoms with E-state index in [4.69, 9.17) is 5.11 Å². The number of carbonyl (C=O) groups excluding carboxylic acids is 1. The van der Waals surface area contributed by atoms with Crippen LogP contribution in [0.1, 0.15) is 13.3 Å². The fourth-order valence-electron chi connectivity index (χ4n) is 1.39. The van der Waals surface area contributed by atoms with Crippen molar-refractivity contribution in [1.82, 2.24) is 10.2 Å². The molecule has 1 heterocycles. The summed E-state index contributed by atoms with van der Waals surface area (Å²) < 4.78 is 0. The second kappa shape index (κ2) is 5.85. The lowest BCUT2D eigenvalue weighted by atomic mass is 10.3. The zero-order valence-electron chi connectivity index (χ0n) is 8.73. The number of thioether (sulfide) groups is 1. The van der Waals surface area contributed by atoms with Crippen molar-refractivity contribution in [3.8, 4) is 0 Å². The van der Waals surface area contributed by atoms with Crippen LogP contribution in [-0.4, -0.2) is 52.6 Å². The predicted molar refractivity (Wildman–Crippen MR) is 59.1 cm³/mol. The highest BCUT2D eigenvalue weighted by Crippen LogP contribution is 2.15. The fourth-order valence-corrected chi connectivity index (χ4v) is 2.38. The van der Waals surface area contributed by atoms with Crippen LogP contribution in [0.15, 0.2) is 0 Å². The number of carboxylic acid groups (broad SMARTS) is 1. The largest absolute Gasteiger partial charge is 0.480 e. The van der Waals surface area contributed by atoms with Crippen molar-refractivity contribution in [1.29, 1.82) is 0 Å². The van der Waals surface area contributed by atoms with Gasteiger partial charge in [0.15, 0.2) is 0 Å². The summed E-state index contributed by atoms with van der Waals surface area (Å²) in [6, 6.07) is -0.0426. The SMILES string of the molecule is CCC(SCCN1CCNC1=O)C(=O)O. The van der Waals surface area contributed by atoms with Crippen LogP contribution in [-0.2, 0) is 4.79 Å². The monoisotopic (exact) mass is 232 g/mol. The van der Waals surface area contributed by atoms with Gasteiger partial charge in [0, 0.05) is 25.4 Å². The summed E-state index contributed by atoms with van der Waals surface area (Å²) in [5.74, 6) is -0.0912. The van der Waals surface area contributed by atoms with Crippen LogP contribution in [0.4, 0.5) is 4.79 Å². The van der Waals surface area contributed by atoms with Crippen molar-refractivity contribution in [2.45, 2.75) is 18.6 Å². The highest BCUT2D eigenvalue weighted by atomic mass is 32.2. The third kappa shape index (κ3) is 3.62. The van der Waals surface area contributed by atoms with Gasteiger partial charge >= 0.3 is 12.0 Å². The molecule has 0 radical (unpaired) electrons. The molecule has 0 bridgehead atoms. The summed E-state index contributed by atoms with van der Waals surface area (Å²) in [5, 5.41) is 11.2. The van der Waals surface area contributed by atoms with Gasteiger partial charge in [0.1, 0.15) is 5.25 Å². The topological polar surface area (TPSA) is 69.6 Å². The van der Waals surface area contributed by atoms with Crippen LogP contribution >= 0.6 is 11.8 Å². The Hall–Kier alpha value is -0.910. The van der Waals surface area contributed by atoms with Gasteiger partial charge in [0.2, 0.25) is 0 Å². The number of nitrogens with one attached hydrogen (secondary N) is 1. The number of carboxylic acids is 1. The molecule has 0 aromatic rings. The van der Waals surface area contributed by atoms with Crippen molar-refractivity contribution in [3.63, 3.8) is 0 Å². The summed E-state index contributed by atoms with van der Waals surface area (Å²) >= 11 is 1.40. The molecule has 1 aliphatic rings. The molecule has 5 nitrogen and oxygen atoms in total. The van der Waals surface area contributed by atoms with Crippen molar-refractivity contribution in [2.24, 2.45) is 0 Å². The Balaban J connectivity index is 2.20. The van der Waals surface area contributed by atoms with Gasteiger partial charge in [0.05, 0.1) is 0 Å². The molecule has 1 aliphatic heterocycles. The lowest BCUT2D eigenvalue weighted by molar-refractivity contribution is -0.136. The second-order valence-electron chi connectivity index (χ2n) is 3.32. The first-order valence-electron chi connectivity index (χ1n) is 5.02. The average molecular weight is 232 g/mol. The summed E-state index contributed by atoms with van der Waals surface area (Å²) in [7, 11) is 0. The molecule has 86 valence electrons. The minimum absolute atomic E-state index is 0.0426. The van der Waals surface area contributed by atoms with E-state index in [-0.39, 0.29) is 11.3 Å². The molecule has 1 fully saturated rings. The Labute approximate surface area is 93.2 Å². The zero-order valence-corrected chi connectivity index (χ0v) is 9.55. The van der Waals surface area contributed by atoms with E-state index in [0.717, 1.165) is 6.54 Å². The van der Waals surface area contributed by atoms with E-state index >= 15 is 0 Å². The highest BCUT2D eigenvalue weighted by molar-refractivity contribution is 8.00. The molecule has 0 aromatic carbocycles. The number of amides is 2. The first kappa shape index (κ1) is 12.2. The van der Waals surface area contributed by atoms with E-state index in [2.05, 4.69) is 5.32 Å². The van der Waals surface area contributed by atoms with Crippen molar-refractivity contribution in [2.75, 3.05) is 25.4 Å². The molecule has 15 heavy (non-hydrogen) atoms. The number of hydrogen-bond acceptors (Lipinski definition) is 3. The molecular weight excluding hydrogens is 216 g/mol. The predicted octanol–water partition coefficient (Wildman–Crippen LogP) is 0.608. The maximum atomic E-state index is 11.1. The van der Waals surface area contributed by atoms with Gasteiger partial charge in [-0.3, -0.25) is 4.79 Å². The number of hydrogen-bond donors (Lipinski definition) is 2. The molecule has 1 atom stereocenters. The molecule has 0 aliphatic carbocycles. The Morgan fingerprint density at radius 3 is 2.93 bits per heavy atom. The van der Waals surface area contributed by atoms with Crippen LogP contribution in [0.5, 0.6) is 0 Å². The quantitative estimate of drug-likeness (QED) is 0.704. The summed E-state index contributed by atoms with van der Waals surface area (Å²) in [5.41, 5.74) is 0. The Morgan fingerprint density at radius 2 is 2.47 bits per heavy atom. The van der Waals surface area contributed by atoms with Gasteiger partial charge < -0.3 is 15.3 Å². The highest BCUT2D eigenvalue weighted by Gasteiger charge is 2.20. The molecule has 0 spiro atoms. The third-order valence-corrected chi connectivity index (χ3v) is 3.63. The lowest BCUT2D eigenvalue weighted by Gasteiger charge is -2.15. The van der Waals surface area contributed by atoms with E-state index in [1.54, 1.807) is 4.90 Å². The summed E-state index contributed by atoms with van der Waals surface area (Å²) in [4.78, 5) is 23.6. The minimum atomic E-state index is -0.770. The maximum absolute atomic E-state index is 11.1. The maximum Gasteiger partial charge on any atom is 0.317 e. The molecule has 1 rings (SSSR count). The number of nitrogens with zero attached hydrogens (tertiary/aromatic N) is 1. The standard InChI is InChI=1S/C9H16N2O3S/c1-2-7(8(12)13)15-6-5-11-4-3-10-9(11)14/h7H,2-6H2,1H3,(H,10,14)(H,12,13). The van der Waals surface area contributed by atoms with Gasteiger partial charge in [-0.15, -0.1) is 11.8 Å². The van der Waals surface area contributed by atoms with E-state index < -0.39 is 5.97 Å². The summed E-state index contributed by atoms with van der Waals surface area (Å²) in [6.07, 6.45) is 0.617. The van der Waals surface area contributed by atoms with Crippen molar-refractivity contribution >= 4 is 23.8 Å². The summed E-state index contributed by atoms with van der Waals surface area (Å²) in [6.45, 7) is 3.90. The van der Waals surface area contributed by atoms with Crippen LogP contribution in [0.25, 0.3) is 0 Å². The van der Waals surface area contributed by atoms with E-state index in [9.17, 15) is 9.59 Å². The average Bonchev–Trinajstić information content (AvgIpc) is 2.58. The Morgan fingerprint density at radius 1 is 1.73 bits per heavy atom. The van der Waals surface area contributed by atoms with Gasteiger partial charge in [-0.1, -0.05) is 6.92 Å². The molecule has 1 unspecified atom stereocenters. The molecule has 6 heteroatoms. The minimum Gasteiger partial charge on any atom is -0.480 e. The molecule has 0 saturated carbocycles. The van der Waals surface area contributed by atoms with Crippen LogP contribution < -0.4 is 5.32 Å². The van der Waals surface area contributed by atoms with E-state index in [1.807, 2.05) is 6.92 Å². The van der Waals surface area contributed by atoms with E-state index in [1.165, 1.54) is 11.8 Å². The van der Waals surface area contributed by atoms with E-state index in [0.29, 0.717) is 25.3 Å². The number of aliphatic carboxylic acids is 1. The number of urea groups is 1. The van der Waals surface area contributed by atoms with Crippen LogP contribution in [0.3, 0.4) is 0 Å². The Bertz CT molecular complexity index is 246. The first-order chi connectivity index (χ1) is 7.15. The molecule has 2 amide bonds. The second-order valence-corrected chi connectivity index (χ2v) is 4.64. The van der Waals surface area contributed by atoms with Gasteiger partial charge in [0.25, 0.3) is 0 Å². The van der Waals surface area contributed by atoms with Crippen LogP contribution in [0.2, 0.25) is 0 Å². The van der Waals surface area contributed by atoms with Gasteiger partial charge in [-0.2, -0.15) is 0 Å². The normalized spacial score (nSPS) is 17.7. The number of rotatable bonds is 6.